The second-order valence-corrected chi connectivity index (χ2v) is 4.88. The fraction of sp³-hybridized carbons (Fsp3) is 0.333. The van der Waals surface area contributed by atoms with Crippen molar-refractivity contribution in [1.29, 1.82) is 0 Å². The number of ether oxygens (including phenoxy) is 2. The first-order valence-electron chi connectivity index (χ1n) is 6.43. The van der Waals surface area contributed by atoms with Crippen LogP contribution in [0.25, 0.3) is 0 Å². The maximum atomic E-state index is 12.2. The van der Waals surface area contributed by atoms with Crippen LogP contribution in [0, 0.1) is 5.92 Å². The van der Waals surface area contributed by atoms with Crippen molar-refractivity contribution in [2.24, 2.45) is 5.92 Å². The van der Waals surface area contributed by atoms with Crippen LogP contribution in [0.15, 0.2) is 30.4 Å². The zero-order chi connectivity index (χ0) is 14.3. The van der Waals surface area contributed by atoms with Crippen molar-refractivity contribution in [2.45, 2.75) is 12.5 Å². The highest BCUT2D eigenvalue weighted by Gasteiger charge is 2.41. The molecule has 1 aromatic rings. The van der Waals surface area contributed by atoms with Crippen molar-refractivity contribution >= 4 is 17.6 Å². The summed E-state index contributed by atoms with van der Waals surface area (Å²) >= 11 is 0. The molecule has 1 heterocycles. The van der Waals surface area contributed by atoms with Gasteiger partial charge >= 0.3 is 5.97 Å². The van der Waals surface area contributed by atoms with Crippen LogP contribution in [0.2, 0.25) is 0 Å². The van der Waals surface area contributed by atoms with Gasteiger partial charge in [0.15, 0.2) is 0 Å². The van der Waals surface area contributed by atoms with Crippen molar-refractivity contribution in [3.8, 4) is 5.75 Å². The highest BCUT2D eigenvalue weighted by atomic mass is 16.5. The maximum absolute atomic E-state index is 12.2. The molecule has 5 heteroatoms. The van der Waals surface area contributed by atoms with E-state index in [0.29, 0.717) is 11.3 Å². The predicted octanol–water partition coefficient (Wildman–Crippen LogP) is 1.77. The molecule has 0 saturated carbocycles. The minimum absolute atomic E-state index is 0.00808. The van der Waals surface area contributed by atoms with Crippen molar-refractivity contribution in [3.63, 3.8) is 0 Å². The minimum Gasteiger partial charge on any atom is -0.496 e. The lowest BCUT2D eigenvalue weighted by atomic mass is 10.1. The van der Waals surface area contributed by atoms with Gasteiger partial charge in [0.05, 0.1) is 26.2 Å². The first-order chi connectivity index (χ1) is 9.65. The van der Waals surface area contributed by atoms with Gasteiger partial charge in [0.1, 0.15) is 11.3 Å². The van der Waals surface area contributed by atoms with Crippen LogP contribution in [0.4, 0.5) is 5.69 Å². The van der Waals surface area contributed by atoms with E-state index in [2.05, 4.69) is 0 Å². The van der Waals surface area contributed by atoms with Gasteiger partial charge in [-0.25, -0.2) is 4.79 Å². The average Bonchev–Trinajstić information content (AvgIpc) is 3.06. The largest absolute Gasteiger partial charge is 0.496 e. The summed E-state index contributed by atoms with van der Waals surface area (Å²) in [5.41, 5.74) is 1.10. The molecule has 0 aromatic heterocycles. The third kappa shape index (κ3) is 1.78. The minimum atomic E-state index is -0.456. The summed E-state index contributed by atoms with van der Waals surface area (Å²) < 4.78 is 9.93. The molecule has 2 aliphatic rings. The standard InChI is InChI=1S/C15H15NO4/c1-19-13-8-11(5-6-12(13)15(18)20-2)16-10-4-3-9(7-10)14(16)17/h3-6,8-10H,7H2,1-2H3/t9?,10-/m1/s1. The molecule has 1 aromatic carbocycles. The van der Waals surface area contributed by atoms with Crippen LogP contribution < -0.4 is 9.64 Å². The fourth-order valence-electron chi connectivity index (χ4n) is 2.82. The highest BCUT2D eigenvalue weighted by molar-refractivity contribution is 6.02. The Balaban J connectivity index is 1.98. The van der Waals surface area contributed by atoms with Gasteiger partial charge in [0, 0.05) is 11.8 Å². The second-order valence-electron chi connectivity index (χ2n) is 4.88. The SMILES string of the molecule is COC(=O)c1ccc(N2C(=O)C3C=C[C@@H]2C3)cc1OC. The molecule has 1 saturated heterocycles. The van der Waals surface area contributed by atoms with Crippen LogP contribution in [-0.4, -0.2) is 32.1 Å². The second kappa shape index (κ2) is 4.67. The van der Waals surface area contributed by atoms with Crippen LogP contribution in [0.1, 0.15) is 16.8 Å². The third-order valence-electron chi connectivity index (χ3n) is 3.82. The number of esters is 1. The number of methoxy groups -OCH3 is 2. The third-order valence-corrected chi connectivity index (χ3v) is 3.82. The first kappa shape index (κ1) is 12.7. The zero-order valence-corrected chi connectivity index (χ0v) is 11.3. The van der Waals surface area contributed by atoms with Gasteiger partial charge in [0.2, 0.25) is 5.91 Å². The van der Waals surface area contributed by atoms with E-state index in [1.807, 2.05) is 12.2 Å². The molecule has 0 radical (unpaired) electrons. The molecule has 104 valence electrons. The summed E-state index contributed by atoms with van der Waals surface area (Å²) in [6, 6.07) is 5.20. The maximum Gasteiger partial charge on any atom is 0.341 e. The monoisotopic (exact) mass is 273 g/mol. The molecule has 1 unspecified atom stereocenters. The van der Waals surface area contributed by atoms with Crippen LogP contribution in [0.3, 0.4) is 0 Å². The lowest BCUT2D eigenvalue weighted by Gasteiger charge is -2.25. The van der Waals surface area contributed by atoms with Gasteiger partial charge in [-0.1, -0.05) is 12.2 Å². The zero-order valence-electron chi connectivity index (χ0n) is 11.3. The normalized spacial score (nSPS) is 23.3. The number of carbonyl (C=O) groups excluding carboxylic acids is 2. The topological polar surface area (TPSA) is 55.8 Å². The summed E-state index contributed by atoms with van der Waals surface area (Å²) in [6.45, 7) is 0. The van der Waals surface area contributed by atoms with E-state index >= 15 is 0 Å². The number of fused-ring (bicyclic) bond motifs is 2. The lowest BCUT2D eigenvalue weighted by molar-refractivity contribution is -0.119. The van der Waals surface area contributed by atoms with Crippen molar-refractivity contribution in [1.82, 2.24) is 0 Å². The summed E-state index contributed by atoms with van der Waals surface area (Å²) in [7, 11) is 2.81. The van der Waals surface area contributed by atoms with E-state index in [0.717, 1.165) is 12.1 Å². The van der Waals surface area contributed by atoms with Gasteiger partial charge in [0.25, 0.3) is 0 Å². The number of amides is 1. The summed E-state index contributed by atoms with van der Waals surface area (Å²) in [5.74, 6) is 0.0492. The number of hydrogen-bond acceptors (Lipinski definition) is 4. The number of rotatable bonds is 3. The smallest absolute Gasteiger partial charge is 0.341 e. The summed E-state index contributed by atoms with van der Waals surface area (Å²) in [5, 5.41) is 0. The molecule has 1 aliphatic carbocycles. The van der Waals surface area contributed by atoms with Gasteiger partial charge in [-0.15, -0.1) is 0 Å². The van der Waals surface area contributed by atoms with Gasteiger partial charge < -0.3 is 14.4 Å². The molecule has 2 bridgehead atoms. The molecule has 1 fully saturated rings. The van der Waals surface area contributed by atoms with Crippen LogP contribution >= 0.6 is 0 Å². The number of hydrogen-bond donors (Lipinski definition) is 0. The first-order valence-corrected chi connectivity index (χ1v) is 6.43. The van der Waals surface area contributed by atoms with E-state index in [1.54, 1.807) is 23.1 Å². The lowest BCUT2D eigenvalue weighted by Crippen LogP contribution is -2.34. The Labute approximate surface area is 116 Å². The van der Waals surface area contributed by atoms with E-state index in [-0.39, 0.29) is 17.9 Å². The van der Waals surface area contributed by atoms with E-state index < -0.39 is 5.97 Å². The van der Waals surface area contributed by atoms with E-state index in [4.69, 9.17) is 9.47 Å². The molecule has 1 aliphatic heterocycles. The molecule has 20 heavy (non-hydrogen) atoms. The quantitative estimate of drug-likeness (QED) is 0.622. The summed E-state index contributed by atoms with van der Waals surface area (Å²) in [4.78, 5) is 25.6. The number of benzene rings is 1. The molecule has 0 N–H and O–H groups in total. The fourth-order valence-corrected chi connectivity index (χ4v) is 2.82. The van der Waals surface area contributed by atoms with Gasteiger partial charge in [-0.2, -0.15) is 0 Å². The Morgan fingerprint density at radius 1 is 1.30 bits per heavy atom. The molecule has 1 amide bonds. The van der Waals surface area contributed by atoms with E-state index in [9.17, 15) is 9.59 Å². The molecule has 0 spiro atoms. The average molecular weight is 273 g/mol. The Morgan fingerprint density at radius 3 is 2.70 bits per heavy atom. The Kier molecular flexibility index (Phi) is 2.97. The Morgan fingerprint density at radius 2 is 2.10 bits per heavy atom. The summed E-state index contributed by atoms with van der Waals surface area (Å²) in [6.07, 6.45) is 4.84. The van der Waals surface area contributed by atoms with Crippen molar-refractivity contribution < 1.29 is 19.1 Å². The van der Waals surface area contributed by atoms with Crippen molar-refractivity contribution in [3.05, 3.63) is 35.9 Å². The van der Waals surface area contributed by atoms with Crippen molar-refractivity contribution in [2.75, 3.05) is 19.1 Å². The number of carbonyl (C=O) groups is 2. The number of nitrogens with zero attached hydrogens (tertiary/aromatic N) is 1. The van der Waals surface area contributed by atoms with Gasteiger partial charge in [-0.3, -0.25) is 4.79 Å². The molecule has 2 atom stereocenters. The predicted molar refractivity (Wildman–Crippen MR) is 72.9 cm³/mol. The van der Waals surface area contributed by atoms with Gasteiger partial charge in [-0.05, 0) is 18.6 Å². The highest BCUT2D eigenvalue weighted by Crippen LogP contribution is 2.38. The Hall–Kier alpha value is -2.30. The molecular formula is C15H15NO4. The van der Waals surface area contributed by atoms with E-state index in [1.165, 1.54) is 14.2 Å². The van der Waals surface area contributed by atoms with Crippen LogP contribution in [-0.2, 0) is 9.53 Å². The molecule has 5 nitrogen and oxygen atoms in total. The molecular weight excluding hydrogens is 258 g/mol. The Bertz CT molecular complexity index is 608. The van der Waals surface area contributed by atoms with Crippen LogP contribution in [0.5, 0.6) is 5.75 Å². The number of anilines is 1. The molecule has 3 rings (SSSR count).